The van der Waals surface area contributed by atoms with Crippen LogP contribution in [-0.4, -0.2) is 29.2 Å². The van der Waals surface area contributed by atoms with Crippen LogP contribution in [0.3, 0.4) is 0 Å². The molecule has 4 nitrogen and oxygen atoms in total. The smallest absolute Gasteiger partial charge is 0.276 e. The van der Waals surface area contributed by atoms with Gasteiger partial charge < -0.3 is 19.7 Å². The predicted molar refractivity (Wildman–Crippen MR) is 49.2 cm³/mol. The number of para-hydroxylation sites is 2. The third-order valence-electron chi connectivity index (χ3n) is 2.17. The largest absolute Gasteiger partial charge is 0.446 e. The Kier molecular flexibility index (Phi) is 2.31. The second-order valence-electron chi connectivity index (χ2n) is 3.19. The van der Waals surface area contributed by atoms with E-state index < -0.39 is 5.79 Å². The van der Waals surface area contributed by atoms with E-state index in [0.29, 0.717) is 11.5 Å². The lowest BCUT2D eigenvalue weighted by atomic mass is 10.2. The van der Waals surface area contributed by atoms with Crippen molar-refractivity contribution in [2.75, 3.05) is 13.2 Å². The van der Waals surface area contributed by atoms with Gasteiger partial charge in [0.2, 0.25) is 0 Å². The SMILES string of the molecule is OCCC1(CO)Oc2ccccc2O1. The van der Waals surface area contributed by atoms with Crippen molar-refractivity contribution < 1.29 is 19.7 Å². The molecule has 0 saturated heterocycles. The summed E-state index contributed by atoms with van der Waals surface area (Å²) in [7, 11) is 0. The molecule has 4 heteroatoms. The highest BCUT2D eigenvalue weighted by Crippen LogP contribution is 2.39. The molecule has 0 aliphatic carbocycles. The van der Waals surface area contributed by atoms with E-state index in [2.05, 4.69) is 0 Å². The Morgan fingerprint density at radius 3 is 2.07 bits per heavy atom. The van der Waals surface area contributed by atoms with Crippen molar-refractivity contribution in [3.63, 3.8) is 0 Å². The average Bonchev–Trinajstić information content (AvgIpc) is 2.57. The number of aliphatic hydroxyl groups excluding tert-OH is 2. The number of benzene rings is 1. The number of rotatable bonds is 3. The van der Waals surface area contributed by atoms with E-state index in [1.54, 1.807) is 12.1 Å². The molecule has 2 rings (SSSR count). The average molecular weight is 196 g/mol. The highest BCUT2D eigenvalue weighted by molar-refractivity contribution is 5.42. The molecule has 0 fully saturated rings. The van der Waals surface area contributed by atoms with Gasteiger partial charge in [-0.05, 0) is 12.1 Å². The summed E-state index contributed by atoms with van der Waals surface area (Å²) in [6.07, 6.45) is 0.248. The molecule has 0 unspecified atom stereocenters. The molecule has 1 aromatic rings. The number of ether oxygens (including phenoxy) is 2. The zero-order valence-electron chi connectivity index (χ0n) is 7.64. The lowest BCUT2D eigenvalue weighted by molar-refractivity contribution is -0.126. The maximum Gasteiger partial charge on any atom is 0.276 e. The van der Waals surface area contributed by atoms with E-state index in [0.717, 1.165) is 0 Å². The number of aliphatic hydroxyl groups is 2. The van der Waals surface area contributed by atoms with Gasteiger partial charge >= 0.3 is 0 Å². The van der Waals surface area contributed by atoms with Gasteiger partial charge in [-0.1, -0.05) is 12.1 Å². The molecular formula is C10H12O4. The Morgan fingerprint density at radius 1 is 1.07 bits per heavy atom. The minimum Gasteiger partial charge on any atom is -0.446 e. The van der Waals surface area contributed by atoms with Crippen molar-refractivity contribution in [3.05, 3.63) is 24.3 Å². The Hall–Kier alpha value is -1.26. The molecule has 0 atom stereocenters. The molecule has 0 bridgehead atoms. The predicted octanol–water partition coefficient (Wildman–Crippen LogP) is 0.529. The first-order valence-corrected chi connectivity index (χ1v) is 4.48. The summed E-state index contributed by atoms with van der Waals surface area (Å²) in [5.41, 5.74) is 0. The molecule has 1 aromatic carbocycles. The number of hydrogen-bond acceptors (Lipinski definition) is 4. The third-order valence-corrected chi connectivity index (χ3v) is 2.17. The second kappa shape index (κ2) is 3.48. The molecule has 1 aliphatic rings. The fraction of sp³-hybridized carbons (Fsp3) is 0.400. The summed E-state index contributed by atoms with van der Waals surface area (Å²) < 4.78 is 10.9. The molecule has 0 aromatic heterocycles. The first-order valence-electron chi connectivity index (χ1n) is 4.48. The minimum atomic E-state index is -1.10. The second-order valence-corrected chi connectivity index (χ2v) is 3.19. The molecule has 0 saturated carbocycles. The summed E-state index contributed by atoms with van der Waals surface area (Å²) >= 11 is 0. The molecule has 1 heterocycles. The standard InChI is InChI=1S/C10H12O4/c11-6-5-10(7-12)13-8-3-1-2-4-9(8)14-10/h1-4,11-12H,5-7H2. The maximum absolute atomic E-state index is 9.16. The zero-order valence-corrected chi connectivity index (χ0v) is 7.64. The van der Waals surface area contributed by atoms with Gasteiger partial charge in [-0.3, -0.25) is 0 Å². The van der Waals surface area contributed by atoms with Crippen LogP contribution in [0.25, 0.3) is 0 Å². The van der Waals surface area contributed by atoms with Gasteiger partial charge in [0.05, 0.1) is 13.0 Å². The van der Waals surface area contributed by atoms with Crippen molar-refractivity contribution in [2.24, 2.45) is 0 Å². The van der Waals surface area contributed by atoms with Gasteiger partial charge in [0, 0.05) is 0 Å². The van der Waals surface area contributed by atoms with E-state index in [1.165, 1.54) is 0 Å². The van der Waals surface area contributed by atoms with Crippen LogP contribution in [0.2, 0.25) is 0 Å². The van der Waals surface area contributed by atoms with Crippen LogP contribution < -0.4 is 9.47 Å². The van der Waals surface area contributed by atoms with Crippen LogP contribution in [0.15, 0.2) is 24.3 Å². The highest BCUT2D eigenvalue weighted by Gasteiger charge is 2.40. The molecule has 2 N–H and O–H groups in total. The maximum atomic E-state index is 9.16. The van der Waals surface area contributed by atoms with E-state index >= 15 is 0 Å². The van der Waals surface area contributed by atoms with Gasteiger partial charge in [0.1, 0.15) is 6.61 Å². The van der Waals surface area contributed by atoms with Crippen molar-refractivity contribution in [3.8, 4) is 11.5 Å². The Balaban J connectivity index is 2.23. The van der Waals surface area contributed by atoms with E-state index in [9.17, 15) is 0 Å². The molecular weight excluding hydrogens is 184 g/mol. The van der Waals surface area contributed by atoms with Crippen molar-refractivity contribution >= 4 is 0 Å². The van der Waals surface area contributed by atoms with Crippen LogP contribution in [-0.2, 0) is 0 Å². The summed E-state index contributed by atoms with van der Waals surface area (Å²) in [5, 5.41) is 18.0. The Bertz CT molecular complexity index is 299. The van der Waals surface area contributed by atoms with Gasteiger partial charge in [-0.15, -0.1) is 0 Å². The van der Waals surface area contributed by atoms with Crippen LogP contribution >= 0.6 is 0 Å². The van der Waals surface area contributed by atoms with Gasteiger partial charge in [-0.2, -0.15) is 0 Å². The molecule has 0 radical (unpaired) electrons. The summed E-state index contributed by atoms with van der Waals surface area (Å²) in [4.78, 5) is 0. The van der Waals surface area contributed by atoms with Gasteiger partial charge in [0.25, 0.3) is 5.79 Å². The van der Waals surface area contributed by atoms with Crippen LogP contribution in [0, 0.1) is 0 Å². The van der Waals surface area contributed by atoms with E-state index in [4.69, 9.17) is 19.7 Å². The first kappa shape index (κ1) is 9.30. The monoisotopic (exact) mass is 196 g/mol. The highest BCUT2D eigenvalue weighted by atomic mass is 16.7. The molecule has 14 heavy (non-hydrogen) atoms. The van der Waals surface area contributed by atoms with Crippen molar-refractivity contribution in [2.45, 2.75) is 12.2 Å². The lowest BCUT2D eigenvalue weighted by Crippen LogP contribution is -2.43. The molecule has 76 valence electrons. The summed E-state index contributed by atoms with van der Waals surface area (Å²) in [5.74, 6) is 0.114. The van der Waals surface area contributed by atoms with E-state index in [-0.39, 0.29) is 19.6 Å². The minimum absolute atomic E-state index is 0.0887. The fourth-order valence-electron chi connectivity index (χ4n) is 1.46. The quantitative estimate of drug-likeness (QED) is 0.740. The number of fused-ring (bicyclic) bond motifs is 1. The van der Waals surface area contributed by atoms with Crippen LogP contribution in [0.4, 0.5) is 0 Å². The third kappa shape index (κ3) is 1.42. The Labute approximate surface area is 81.7 Å². The van der Waals surface area contributed by atoms with E-state index in [1.807, 2.05) is 12.1 Å². The van der Waals surface area contributed by atoms with Gasteiger partial charge in [-0.25, -0.2) is 0 Å². The van der Waals surface area contributed by atoms with Crippen LogP contribution in [0.1, 0.15) is 6.42 Å². The van der Waals surface area contributed by atoms with Crippen LogP contribution in [0.5, 0.6) is 11.5 Å². The Morgan fingerprint density at radius 2 is 1.64 bits per heavy atom. The zero-order chi connectivity index (χ0) is 10.0. The lowest BCUT2D eigenvalue weighted by Gasteiger charge is -2.24. The van der Waals surface area contributed by atoms with Crippen molar-refractivity contribution in [1.82, 2.24) is 0 Å². The topological polar surface area (TPSA) is 58.9 Å². The number of hydrogen-bond donors (Lipinski definition) is 2. The van der Waals surface area contributed by atoms with Gasteiger partial charge in [0.15, 0.2) is 11.5 Å². The molecule has 0 amide bonds. The first-order chi connectivity index (χ1) is 6.79. The summed E-state index contributed by atoms with van der Waals surface area (Å²) in [6, 6.07) is 7.19. The molecule has 1 aliphatic heterocycles. The summed E-state index contributed by atoms with van der Waals surface area (Å²) in [6.45, 7) is -0.364. The van der Waals surface area contributed by atoms with Crippen molar-refractivity contribution in [1.29, 1.82) is 0 Å². The molecule has 0 spiro atoms. The normalized spacial score (nSPS) is 17.0. The fourth-order valence-corrected chi connectivity index (χ4v) is 1.46.